The summed E-state index contributed by atoms with van der Waals surface area (Å²) in [6, 6.07) is 38.9. The van der Waals surface area contributed by atoms with Crippen LogP contribution < -0.4 is 5.73 Å². The lowest BCUT2D eigenvalue weighted by Gasteiger charge is -2.39. The summed E-state index contributed by atoms with van der Waals surface area (Å²) in [6.07, 6.45) is 1.46. The Kier molecular flexibility index (Phi) is 15.3. The van der Waals surface area contributed by atoms with E-state index in [1.807, 2.05) is 121 Å². The van der Waals surface area contributed by atoms with Gasteiger partial charge in [-0.05, 0) is 60.8 Å². The summed E-state index contributed by atoms with van der Waals surface area (Å²) in [5, 5.41) is 10.1. The standard InChI is InChI=1S/C43H52N4O6/c44-40(47(28-26-35-15-7-2-8-16-35)43(51)53-33-37-19-11-4-12-20-37)31-41(48)46(30-29-45(42(49)50)27-25-34-13-5-1-6-14-34)38-21-23-39(24-22-38)52-32-36-17-9-3-10-18-36/h1-20,38-40H,21-33,44H2,(H,49,50). The number of carbonyl (C=O) groups is 3. The molecule has 1 saturated carbocycles. The van der Waals surface area contributed by atoms with Crippen LogP contribution in [0.3, 0.4) is 0 Å². The first-order valence-electron chi connectivity index (χ1n) is 18.6. The highest BCUT2D eigenvalue weighted by Crippen LogP contribution is 2.27. The van der Waals surface area contributed by atoms with E-state index in [1.165, 1.54) is 9.80 Å². The van der Waals surface area contributed by atoms with Crippen molar-refractivity contribution < 1.29 is 29.0 Å². The predicted octanol–water partition coefficient (Wildman–Crippen LogP) is 7.12. The number of carbonyl (C=O) groups excluding carboxylic acids is 2. The number of benzene rings is 4. The van der Waals surface area contributed by atoms with Crippen molar-refractivity contribution in [3.8, 4) is 0 Å². The molecule has 0 spiro atoms. The molecule has 280 valence electrons. The van der Waals surface area contributed by atoms with E-state index in [2.05, 4.69) is 0 Å². The summed E-state index contributed by atoms with van der Waals surface area (Å²) in [6.45, 7) is 1.56. The topological polar surface area (TPSA) is 126 Å². The number of hydrogen-bond acceptors (Lipinski definition) is 6. The van der Waals surface area contributed by atoms with Crippen LogP contribution in [0.5, 0.6) is 0 Å². The van der Waals surface area contributed by atoms with Crippen molar-refractivity contribution in [1.29, 1.82) is 0 Å². The first-order chi connectivity index (χ1) is 25.9. The molecule has 4 aromatic carbocycles. The van der Waals surface area contributed by atoms with Gasteiger partial charge in [-0.1, -0.05) is 121 Å². The van der Waals surface area contributed by atoms with Crippen LogP contribution >= 0.6 is 0 Å². The Bertz CT molecular complexity index is 1670. The molecule has 3 amide bonds. The number of ether oxygens (including phenoxy) is 2. The molecule has 0 saturated heterocycles. The molecule has 5 rings (SSSR count). The van der Waals surface area contributed by atoms with Crippen LogP contribution in [0.2, 0.25) is 0 Å². The van der Waals surface area contributed by atoms with E-state index in [9.17, 15) is 19.5 Å². The Labute approximate surface area is 313 Å². The molecule has 0 aromatic heterocycles. The summed E-state index contributed by atoms with van der Waals surface area (Å²) < 4.78 is 11.9. The minimum Gasteiger partial charge on any atom is -0.465 e. The molecule has 3 N–H and O–H groups in total. The van der Waals surface area contributed by atoms with Gasteiger partial charge in [0, 0.05) is 32.2 Å². The summed E-state index contributed by atoms with van der Waals surface area (Å²) in [7, 11) is 0. The Morgan fingerprint density at radius 3 is 1.66 bits per heavy atom. The number of hydrogen-bond donors (Lipinski definition) is 2. The molecule has 1 aliphatic rings. The van der Waals surface area contributed by atoms with Gasteiger partial charge in [-0.2, -0.15) is 0 Å². The first kappa shape index (κ1) is 39.0. The van der Waals surface area contributed by atoms with Crippen LogP contribution in [0.25, 0.3) is 0 Å². The Hall–Kier alpha value is -5.19. The second kappa shape index (κ2) is 20.7. The van der Waals surface area contributed by atoms with Gasteiger partial charge in [0.1, 0.15) is 6.61 Å². The smallest absolute Gasteiger partial charge is 0.411 e. The van der Waals surface area contributed by atoms with Gasteiger partial charge in [-0.25, -0.2) is 9.59 Å². The van der Waals surface area contributed by atoms with Crippen molar-refractivity contribution in [2.45, 2.75) is 76.5 Å². The first-order valence-corrected chi connectivity index (χ1v) is 18.6. The fourth-order valence-electron chi connectivity index (χ4n) is 6.76. The van der Waals surface area contributed by atoms with Crippen LogP contribution in [0.15, 0.2) is 121 Å². The Morgan fingerprint density at radius 2 is 1.13 bits per heavy atom. The predicted molar refractivity (Wildman–Crippen MR) is 205 cm³/mol. The molecule has 0 radical (unpaired) electrons. The van der Waals surface area contributed by atoms with Crippen molar-refractivity contribution in [3.63, 3.8) is 0 Å². The van der Waals surface area contributed by atoms with Gasteiger partial charge in [0.25, 0.3) is 0 Å². The minimum absolute atomic E-state index is 0.0694. The van der Waals surface area contributed by atoms with Crippen LogP contribution in [-0.2, 0) is 40.3 Å². The number of rotatable bonds is 18. The second-order valence-corrected chi connectivity index (χ2v) is 13.6. The molecule has 4 aromatic rings. The second-order valence-electron chi connectivity index (χ2n) is 13.6. The molecular weight excluding hydrogens is 668 g/mol. The summed E-state index contributed by atoms with van der Waals surface area (Å²) in [5.74, 6) is -0.222. The van der Waals surface area contributed by atoms with Gasteiger partial charge in [0.2, 0.25) is 5.91 Å². The molecule has 1 fully saturated rings. The highest BCUT2D eigenvalue weighted by molar-refractivity contribution is 5.78. The van der Waals surface area contributed by atoms with Crippen molar-refractivity contribution in [3.05, 3.63) is 144 Å². The third-order valence-electron chi connectivity index (χ3n) is 9.84. The van der Waals surface area contributed by atoms with E-state index in [1.54, 1.807) is 4.90 Å². The third-order valence-corrected chi connectivity index (χ3v) is 9.84. The largest absolute Gasteiger partial charge is 0.465 e. The van der Waals surface area contributed by atoms with Crippen molar-refractivity contribution >= 4 is 18.1 Å². The van der Waals surface area contributed by atoms with Gasteiger partial charge in [-0.3, -0.25) is 9.69 Å². The van der Waals surface area contributed by atoms with Gasteiger partial charge < -0.3 is 30.1 Å². The highest BCUT2D eigenvalue weighted by Gasteiger charge is 2.33. The Morgan fingerprint density at radius 1 is 0.642 bits per heavy atom. The molecule has 1 unspecified atom stereocenters. The van der Waals surface area contributed by atoms with E-state index in [-0.39, 0.29) is 50.7 Å². The maximum atomic E-state index is 14.3. The lowest BCUT2D eigenvalue weighted by Crippen LogP contribution is -2.52. The van der Waals surface area contributed by atoms with Gasteiger partial charge in [0.15, 0.2) is 0 Å². The average Bonchev–Trinajstić information content (AvgIpc) is 3.19. The maximum Gasteiger partial charge on any atom is 0.411 e. The molecule has 1 atom stereocenters. The Balaban J connectivity index is 1.26. The zero-order valence-electron chi connectivity index (χ0n) is 30.4. The zero-order valence-corrected chi connectivity index (χ0v) is 30.4. The fraction of sp³-hybridized carbons (Fsp3) is 0.372. The van der Waals surface area contributed by atoms with E-state index in [4.69, 9.17) is 15.2 Å². The van der Waals surface area contributed by atoms with E-state index in [0.29, 0.717) is 38.8 Å². The van der Waals surface area contributed by atoms with E-state index < -0.39 is 18.4 Å². The van der Waals surface area contributed by atoms with Gasteiger partial charge in [-0.15, -0.1) is 0 Å². The fourth-order valence-corrected chi connectivity index (χ4v) is 6.76. The zero-order chi connectivity index (χ0) is 37.3. The van der Waals surface area contributed by atoms with Crippen LogP contribution in [0, 0.1) is 0 Å². The van der Waals surface area contributed by atoms with Crippen molar-refractivity contribution in [2.75, 3.05) is 26.2 Å². The quantitative estimate of drug-likeness (QED) is 0.105. The minimum atomic E-state index is -1.03. The molecule has 0 heterocycles. The monoisotopic (exact) mass is 720 g/mol. The molecular formula is C43H52N4O6. The lowest BCUT2D eigenvalue weighted by atomic mass is 9.91. The van der Waals surface area contributed by atoms with Gasteiger partial charge in [0.05, 0.1) is 25.3 Å². The number of carboxylic acid groups (broad SMARTS) is 1. The lowest BCUT2D eigenvalue weighted by molar-refractivity contribution is -0.136. The highest BCUT2D eigenvalue weighted by atomic mass is 16.6. The van der Waals surface area contributed by atoms with Crippen molar-refractivity contribution in [1.82, 2.24) is 14.7 Å². The van der Waals surface area contributed by atoms with Crippen molar-refractivity contribution in [2.24, 2.45) is 5.73 Å². The SMILES string of the molecule is NC(CC(=O)N(CCN(CCc1ccccc1)C(=O)O)C1CCC(OCc2ccccc2)CC1)N(CCc1ccccc1)C(=O)OCc1ccccc1. The molecule has 10 nitrogen and oxygen atoms in total. The number of amides is 3. The molecule has 0 bridgehead atoms. The summed E-state index contributed by atoms with van der Waals surface area (Å²) >= 11 is 0. The maximum absolute atomic E-state index is 14.3. The molecule has 1 aliphatic carbocycles. The summed E-state index contributed by atoms with van der Waals surface area (Å²) in [5.41, 5.74) is 10.7. The number of nitrogens with two attached hydrogens (primary N) is 1. The number of nitrogens with zero attached hydrogens (tertiary/aromatic N) is 3. The third kappa shape index (κ3) is 12.8. The molecule has 10 heteroatoms. The van der Waals surface area contributed by atoms with E-state index >= 15 is 0 Å². The van der Waals surface area contributed by atoms with E-state index in [0.717, 1.165) is 35.1 Å². The molecule has 0 aliphatic heterocycles. The normalized spacial score (nSPS) is 15.9. The van der Waals surface area contributed by atoms with Crippen LogP contribution in [-0.4, -0.2) is 82.4 Å². The van der Waals surface area contributed by atoms with Crippen LogP contribution in [0.1, 0.15) is 54.4 Å². The summed E-state index contributed by atoms with van der Waals surface area (Å²) in [4.78, 5) is 44.7. The molecule has 53 heavy (non-hydrogen) atoms. The average molecular weight is 721 g/mol. The van der Waals surface area contributed by atoms with Crippen LogP contribution in [0.4, 0.5) is 9.59 Å². The van der Waals surface area contributed by atoms with Gasteiger partial charge >= 0.3 is 12.2 Å².